The molecule has 0 saturated carbocycles. The van der Waals surface area contributed by atoms with Gasteiger partial charge >= 0.3 is 12.0 Å². The molecule has 2 amide bonds. The highest BCUT2D eigenvalue weighted by Crippen LogP contribution is 2.03. The Labute approximate surface area is 175 Å². The van der Waals surface area contributed by atoms with Crippen LogP contribution in [0.15, 0.2) is 30.3 Å². The van der Waals surface area contributed by atoms with Crippen LogP contribution in [-0.4, -0.2) is 75.1 Å². The number of ether oxygens (including phenoxy) is 1. The minimum absolute atomic E-state index is 0.0762. The molecule has 164 valence electrons. The molecule has 0 fully saturated rings. The molecule has 0 unspecified atom stereocenters. The first-order valence-corrected chi connectivity index (χ1v) is 10.4. The van der Waals surface area contributed by atoms with E-state index in [0.717, 1.165) is 45.3 Å². The number of quaternary nitrogens is 1. The van der Waals surface area contributed by atoms with E-state index in [9.17, 15) is 9.59 Å². The van der Waals surface area contributed by atoms with Crippen LogP contribution in [0.25, 0.3) is 0 Å². The molecule has 7 heteroatoms. The summed E-state index contributed by atoms with van der Waals surface area (Å²) in [5.74, 6) is -0.908. The average molecular weight is 409 g/mol. The van der Waals surface area contributed by atoms with Crippen LogP contribution < -0.4 is 10.6 Å². The second-order valence-corrected chi connectivity index (χ2v) is 8.43. The Balaban J connectivity index is 2.02. The van der Waals surface area contributed by atoms with E-state index in [1.165, 1.54) is 5.56 Å². The van der Waals surface area contributed by atoms with Gasteiger partial charge < -0.3 is 25.0 Å². The van der Waals surface area contributed by atoms with Crippen LogP contribution in [0.1, 0.15) is 37.7 Å². The van der Waals surface area contributed by atoms with Crippen molar-refractivity contribution in [2.45, 2.75) is 44.6 Å². The number of urea groups is 1. The number of nitrogens with one attached hydrogen (secondary N) is 2. The van der Waals surface area contributed by atoms with Crippen molar-refractivity contribution in [2.75, 3.05) is 47.4 Å². The van der Waals surface area contributed by atoms with Crippen LogP contribution in [0.3, 0.4) is 0 Å². The number of hydrogen-bond acceptors (Lipinski definition) is 3. The fraction of sp³-hybridized carbons (Fsp3) is 0.636. The van der Waals surface area contributed by atoms with Gasteiger partial charge in [-0.3, -0.25) is 4.79 Å². The summed E-state index contributed by atoms with van der Waals surface area (Å²) in [5.41, 5.74) is 1.30. The summed E-state index contributed by atoms with van der Waals surface area (Å²) < 4.78 is 6.26. The zero-order valence-electron chi connectivity index (χ0n) is 18.2. The summed E-state index contributed by atoms with van der Waals surface area (Å²) in [5, 5.41) is 14.6. The quantitative estimate of drug-likeness (QED) is 0.308. The molecule has 0 aromatic heterocycles. The second-order valence-electron chi connectivity index (χ2n) is 8.43. The van der Waals surface area contributed by atoms with Gasteiger partial charge in [-0.2, -0.15) is 0 Å². The molecule has 0 spiro atoms. The fourth-order valence-corrected chi connectivity index (χ4v) is 3.09. The van der Waals surface area contributed by atoms with Crippen LogP contribution in [0.2, 0.25) is 0 Å². The molecular formula is C22H38N3O4+. The molecule has 1 rings (SSSR count). The van der Waals surface area contributed by atoms with Gasteiger partial charge in [-0.15, -0.1) is 0 Å². The zero-order chi connectivity index (χ0) is 21.5. The van der Waals surface area contributed by atoms with Crippen molar-refractivity contribution >= 4 is 12.0 Å². The third-order valence-electron chi connectivity index (χ3n) is 4.40. The number of aliphatic carboxylic acids is 1. The summed E-state index contributed by atoms with van der Waals surface area (Å²) in [6.45, 7) is 2.66. The molecular weight excluding hydrogens is 370 g/mol. The summed E-state index contributed by atoms with van der Waals surface area (Å²) in [7, 11) is 5.92. The van der Waals surface area contributed by atoms with Crippen molar-refractivity contribution in [2.24, 2.45) is 0 Å². The molecule has 7 nitrogen and oxygen atoms in total. The van der Waals surface area contributed by atoms with E-state index in [1.54, 1.807) is 0 Å². The van der Waals surface area contributed by atoms with Crippen molar-refractivity contribution in [3.8, 4) is 0 Å². The molecule has 29 heavy (non-hydrogen) atoms. The molecule has 0 aliphatic heterocycles. The first-order chi connectivity index (χ1) is 13.8. The van der Waals surface area contributed by atoms with E-state index in [-0.39, 0.29) is 18.5 Å². The lowest BCUT2D eigenvalue weighted by Crippen LogP contribution is -2.52. The Hall–Kier alpha value is -2.12. The first kappa shape index (κ1) is 24.9. The number of carbonyl (C=O) groups is 2. The average Bonchev–Trinajstić information content (AvgIpc) is 2.62. The number of likely N-dealkylation sites (N-methyl/N-ethyl adjacent to an activating group) is 1. The number of benzene rings is 1. The van der Waals surface area contributed by atoms with E-state index >= 15 is 0 Å². The predicted molar refractivity (Wildman–Crippen MR) is 115 cm³/mol. The van der Waals surface area contributed by atoms with Crippen molar-refractivity contribution < 1.29 is 23.9 Å². The minimum atomic E-state index is -0.908. The molecule has 1 aromatic rings. The van der Waals surface area contributed by atoms with Gasteiger partial charge in [0.1, 0.15) is 0 Å². The maximum Gasteiger partial charge on any atom is 0.315 e. The Morgan fingerprint density at radius 1 is 1.03 bits per heavy atom. The summed E-state index contributed by atoms with van der Waals surface area (Å²) in [6, 6.07) is 9.63. The maximum atomic E-state index is 12.0. The number of carboxylic acids is 1. The highest BCUT2D eigenvalue weighted by molar-refractivity contribution is 5.75. The van der Waals surface area contributed by atoms with Crippen LogP contribution in [-0.2, 0) is 16.0 Å². The SMILES string of the molecule is C[N+](C)(C)C[C@@H](CC(=O)O)NC(=O)NCCCCCCOCCc1ccccc1. The van der Waals surface area contributed by atoms with E-state index in [2.05, 4.69) is 22.8 Å². The normalized spacial score (nSPS) is 12.4. The van der Waals surface area contributed by atoms with Crippen LogP contribution in [0, 0.1) is 0 Å². The van der Waals surface area contributed by atoms with Crippen molar-refractivity contribution in [3.63, 3.8) is 0 Å². The summed E-state index contributed by atoms with van der Waals surface area (Å²) >= 11 is 0. The number of rotatable bonds is 15. The number of amides is 2. The number of hydrogen-bond donors (Lipinski definition) is 3. The molecule has 0 radical (unpaired) electrons. The predicted octanol–water partition coefficient (Wildman–Crippen LogP) is 2.65. The Bertz CT molecular complexity index is 587. The largest absolute Gasteiger partial charge is 0.481 e. The molecule has 3 N–H and O–H groups in total. The van der Waals surface area contributed by atoms with Crippen LogP contribution >= 0.6 is 0 Å². The van der Waals surface area contributed by atoms with Gasteiger partial charge in [-0.1, -0.05) is 43.2 Å². The number of nitrogens with zero attached hydrogens (tertiary/aromatic N) is 1. The van der Waals surface area contributed by atoms with Gasteiger partial charge in [-0.25, -0.2) is 4.79 Å². The molecule has 0 bridgehead atoms. The van der Waals surface area contributed by atoms with Gasteiger partial charge in [-0.05, 0) is 24.8 Å². The lowest BCUT2D eigenvalue weighted by atomic mass is 10.2. The number of carbonyl (C=O) groups excluding carboxylic acids is 1. The highest BCUT2D eigenvalue weighted by atomic mass is 16.5. The monoisotopic (exact) mass is 408 g/mol. The molecule has 0 aliphatic carbocycles. The first-order valence-electron chi connectivity index (χ1n) is 10.4. The molecule has 0 heterocycles. The lowest BCUT2D eigenvalue weighted by molar-refractivity contribution is -0.871. The zero-order valence-corrected chi connectivity index (χ0v) is 18.2. The van der Waals surface area contributed by atoms with Gasteiger partial charge in [0.25, 0.3) is 0 Å². The van der Waals surface area contributed by atoms with Gasteiger partial charge in [0.15, 0.2) is 0 Å². The number of unbranched alkanes of at least 4 members (excludes halogenated alkanes) is 3. The summed E-state index contributed by atoms with van der Waals surface area (Å²) in [6.07, 6.45) is 4.88. The van der Waals surface area contributed by atoms with Crippen LogP contribution in [0.5, 0.6) is 0 Å². The van der Waals surface area contributed by atoms with E-state index < -0.39 is 5.97 Å². The smallest absolute Gasteiger partial charge is 0.315 e. The molecule has 0 aliphatic rings. The van der Waals surface area contributed by atoms with Gasteiger partial charge in [0.05, 0.1) is 46.8 Å². The van der Waals surface area contributed by atoms with E-state index in [4.69, 9.17) is 9.84 Å². The van der Waals surface area contributed by atoms with E-state index in [1.807, 2.05) is 39.3 Å². The fourth-order valence-electron chi connectivity index (χ4n) is 3.09. The van der Waals surface area contributed by atoms with Gasteiger partial charge in [0, 0.05) is 13.2 Å². The molecule has 1 aromatic carbocycles. The Kier molecular flexibility index (Phi) is 12.0. The summed E-state index contributed by atoms with van der Waals surface area (Å²) in [4.78, 5) is 23.0. The standard InChI is InChI=1S/C22H37N3O4/c1-25(2,3)18-20(17-21(26)27)24-22(28)23-14-9-4-5-10-15-29-16-13-19-11-7-6-8-12-19/h6-8,11-12,20H,4-5,9-10,13-18H2,1-3H3,(H2-,23,24,26,27,28)/p+1/t20-/m1/s1. The van der Waals surface area contributed by atoms with Crippen molar-refractivity contribution in [1.29, 1.82) is 0 Å². The van der Waals surface area contributed by atoms with Gasteiger partial charge in [0.2, 0.25) is 0 Å². The third-order valence-corrected chi connectivity index (χ3v) is 4.40. The topological polar surface area (TPSA) is 87.7 Å². The lowest BCUT2D eigenvalue weighted by Gasteiger charge is -2.29. The Morgan fingerprint density at radius 3 is 2.38 bits per heavy atom. The van der Waals surface area contributed by atoms with E-state index in [0.29, 0.717) is 17.6 Å². The third kappa shape index (κ3) is 14.5. The molecule has 1 atom stereocenters. The second kappa shape index (κ2) is 14.0. The van der Waals surface area contributed by atoms with Crippen LogP contribution in [0.4, 0.5) is 4.79 Å². The maximum absolute atomic E-state index is 12.0. The minimum Gasteiger partial charge on any atom is -0.481 e. The van der Waals surface area contributed by atoms with Crippen molar-refractivity contribution in [3.05, 3.63) is 35.9 Å². The number of carboxylic acid groups (broad SMARTS) is 1. The molecule has 0 saturated heterocycles. The van der Waals surface area contributed by atoms with Crippen molar-refractivity contribution in [1.82, 2.24) is 10.6 Å². The Morgan fingerprint density at radius 2 is 1.72 bits per heavy atom. The highest BCUT2D eigenvalue weighted by Gasteiger charge is 2.22.